The standard InChI is InChI=1S/C18H23N3O2/c1-2-14-5-7-16(8-6-14)17(13-22)21-18(23)20-11-9-15-4-3-10-19-12-15/h3-8,10,12,17,22H,2,9,11,13H2,1H3,(H2,20,21,23). The lowest BCUT2D eigenvalue weighted by atomic mass is 10.0. The Morgan fingerprint density at radius 2 is 2.00 bits per heavy atom. The first kappa shape index (κ1) is 17.0. The van der Waals surface area contributed by atoms with Gasteiger partial charge >= 0.3 is 6.03 Å². The Morgan fingerprint density at radius 1 is 1.22 bits per heavy atom. The van der Waals surface area contributed by atoms with E-state index in [0.717, 1.165) is 24.0 Å². The van der Waals surface area contributed by atoms with Gasteiger partial charge in [-0.25, -0.2) is 4.79 Å². The Balaban J connectivity index is 1.82. The maximum atomic E-state index is 12.0. The maximum absolute atomic E-state index is 12.0. The van der Waals surface area contributed by atoms with E-state index in [1.807, 2.05) is 36.4 Å². The predicted octanol–water partition coefficient (Wildman–Crippen LogP) is 2.22. The molecule has 0 aliphatic heterocycles. The van der Waals surface area contributed by atoms with Crippen LogP contribution in [0.2, 0.25) is 0 Å². The van der Waals surface area contributed by atoms with E-state index in [2.05, 4.69) is 22.5 Å². The van der Waals surface area contributed by atoms with Gasteiger partial charge in [-0.05, 0) is 35.6 Å². The number of aliphatic hydroxyl groups excluding tert-OH is 1. The lowest BCUT2D eigenvalue weighted by Gasteiger charge is -2.17. The molecule has 0 saturated carbocycles. The zero-order valence-corrected chi connectivity index (χ0v) is 13.3. The Bertz CT molecular complexity index is 599. The minimum Gasteiger partial charge on any atom is -0.394 e. The van der Waals surface area contributed by atoms with Crippen LogP contribution in [0.5, 0.6) is 0 Å². The molecule has 1 atom stereocenters. The molecule has 5 nitrogen and oxygen atoms in total. The van der Waals surface area contributed by atoms with E-state index in [4.69, 9.17) is 0 Å². The van der Waals surface area contributed by atoms with Crippen molar-refractivity contribution in [3.05, 3.63) is 65.5 Å². The van der Waals surface area contributed by atoms with Crippen molar-refractivity contribution in [2.75, 3.05) is 13.2 Å². The van der Waals surface area contributed by atoms with Crippen molar-refractivity contribution < 1.29 is 9.90 Å². The molecule has 0 spiro atoms. The zero-order chi connectivity index (χ0) is 16.5. The molecular formula is C18H23N3O2. The minimum atomic E-state index is -0.403. The van der Waals surface area contributed by atoms with Crippen molar-refractivity contribution in [1.82, 2.24) is 15.6 Å². The normalized spacial score (nSPS) is 11.7. The number of nitrogens with zero attached hydrogens (tertiary/aromatic N) is 1. The van der Waals surface area contributed by atoms with Gasteiger partial charge in [0, 0.05) is 18.9 Å². The van der Waals surface area contributed by atoms with E-state index in [0.29, 0.717) is 6.54 Å². The van der Waals surface area contributed by atoms with Gasteiger partial charge in [0.2, 0.25) is 0 Å². The third-order valence-electron chi connectivity index (χ3n) is 3.70. The van der Waals surface area contributed by atoms with Crippen LogP contribution in [0.15, 0.2) is 48.8 Å². The average Bonchev–Trinajstić information content (AvgIpc) is 2.61. The molecular weight excluding hydrogens is 290 g/mol. The number of pyridine rings is 1. The van der Waals surface area contributed by atoms with Gasteiger partial charge in [0.1, 0.15) is 0 Å². The Labute approximate surface area is 136 Å². The van der Waals surface area contributed by atoms with Crippen molar-refractivity contribution >= 4 is 6.03 Å². The van der Waals surface area contributed by atoms with Crippen LogP contribution >= 0.6 is 0 Å². The van der Waals surface area contributed by atoms with E-state index in [9.17, 15) is 9.90 Å². The molecule has 0 radical (unpaired) electrons. The number of benzene rings is 1. The summed E-state index contributed by atoms with van der Waals surface area (Å²) in [5.41, 5.74) is 3.19. The quantitative estimate of drug-likeness (QED) is 0.734. The molecule has 1 aromatic carbocycles. The van der Waals surface area contributed by atoms with Gasteiger partial charge < -0.3 is 15.7 Å². The maximum Gasteiger partial charge on any atom is 0.315 e. The largest absolute Gasteiger partial charge is 0.394 e. The van der Waals surface area contributed by atoms with Gasteiger partial charge in [0.05, 0.1) is 12.6 Å². The molecule has 23 heavy (non-hydrogen) atoms. The van der Waals surface area contributed by atoms with E-state index < -0.39 is 6.04 Å². The lowest BCUT2D eigenvalue weighted by Crippen LogP contribution is -2.40. The first-order chi connectivity index (χ1) is 11.2. The number of hydrogen-bond acceptors (Lipinski definition) is 3. The van der Waals surface area contributed by atoms with Gasteiger partial charge in [-0.3, -0.25) is 4.98 Å². The number of nitrogens with one attached hydrogen (secondary N) is 2. The summed E-state index contributed by atoms with van der Waals surface area (Å²) in [6, 6.07) is 11.1. The smallest absolute Gasteiger partial charge is 0.315 e. The van der Waals surface area contributed by atoms with Gasteiger partial charge in [-0.1, -0.05) is 37.3 Å². The van der Waals surface area contributed by atoms with Crippen LogP contribution < -0.4 is 10.6 Å². The molecule has 1 heterocycles. The molecule has 0 bridgehead atoms. The highest BCUT2D eigenvalue weighted by Crippen LogP contribution is 2.13. The van der Waals surface area contributed by atoms with Crippen LogP contribution in [0, 0.1) is 0 Å². The highest BCUT2D eigenvalue weighted by Gasteiger charge is 2.13. The number of hydrogen-bond donors (Lipinski definition) is 3. The fraction of sp³-hybridized carbons (Fsp3) is 0.333. The van der Waals surface area contributed by atoms with E-state index in [1.165, 1.54) is 5.56 Å². The lowest BCUT2D eigenvalue weighted by molar-refractivity contribution is 0.217. The minimum absolute atomic E-state index is 0.137. The molecule has 2 rings (SSSR count). The van der Waals surface area contributed by atoms with Crippen molar-refractivity contribution in [3.63, 3.8) is 0 Å². The van der Waals surface area contributed by atoms with Crippen LogP contribution in [0.25, 0.3) is 0 Å². The van der Waals surface area contributed by atoms with Crippen molar-refractivity contribution in [2.45, 2.75) is 25.8 Å². The van der Waals surface area contributed by atoms with Crippen molar-refractivity contribution in [2.24, 2.45) is 0 Å². The van der Waals surface area contributed by atoms with E-state index in [1.54, 1.807) is 12.4 Å². The highest BCUT2D eigenvalue weighted by molar-refractivity contribution is 5.74. The second kappa shape index (κ2) is 8.90. The molecule has 0 saturated heterocycles. The SMILES string of the molecule is CCc1ccc(C(CO)NC(=O)NCCc2cccnc2)cc1. The topological polar surface area (TPSA) is 74.2 Å². The van der Waals surface area contributed by atoms with Crippen molar-refractivity contribution in [1.29, 1.82) is 0 Å². The summed E-state index contributed by atoms with van der Waals surface area (Å²) in [4.78, 5) is 16.0. The fourth-order valence-corrected chi connectivity index (χ4v) is 2.30. The summed E-state index contributed by atoms with van der Waals surface area (Å²) in [5.74, 6) is 0. The molecule has 122 valence electrons. The number of carbonyl (C=O) groups excluding carboxylic acids is 1. The molecule has 2 aromatic rings. The zero-order valence-electron chi connectivity index (χ0n) is 13.3. The second-order valence-electron chi connectivity index (χ2n) is 5.34. The van der Waals surface area contributed by atoms with Crippen LogP contribution in [-0.4, -0.2) is 29.3 Å². The van der Waals surface area contributed by atoms with Crippen molar-refractivity contribution in [3.8, 4) is 0 Å². The Morgan fingerprint density at radius 3 is 2.61 bits per heavy atom. The molecule has 3 N–H and O–H groups in total. The number of rotatable bonds is 7. The van der Waals surface area contributed by atoms with Gasteiger partial charge in [0.25, 0.3) is 0 Å². The molecule has 1 unspecified atom stereocenters. The monoisotopic (exact) mass is 313 g/mol. The number of amides is 2. The first-order valence-electron chi connectivity index (χ1n) is 7.86. The third-order valence-corrected chi connectivity index (χ3v) is 3.70. The Hall–Kier alpha value is -2.40. The summed E-state index contributed by atoms with van der Waals surface area (Å²) >= 11 is 0. The molecule has 5 heteroatoms. The molecule has 0 aliphatic rings. The summed E-state index contributed by atoms with van der Waals surface area (Å²) in [7, 11) is 0. The summed E-state index contributed by atoms with van der Waals surface area (Å²) in [6.45, 7) is 2.47. The summed E-state index contributed by atoms with van der Waals surface area (Å²) in [5, 5.41) is 15.1. The molecule has 2 amide bonds. The van der Waals surface area contributed by atoms with Crippen LogP contribution in [0.4, 0.5) is 4.79 Å². The van der Waals surface area contributed by atoms with Gasteiger partial charge in [-0.15, -0.1) is 0 Å². The van der Waals surface area contributed by atoms with Crippen LogP contribution in [0.3, 0.4) is 0 Å². The number of aliphatic hydroxyl groups is 1. The number of carbonyl (C=O) groups is 1. The van der Waals surface area contributed by atoms with E-state index >= 15 is 0 Å². The molecule has 0 fully saturated rings. The van der Waals surface area contributed by atoms with Crippen LogP contribution in [-0.2, 0) is 12.8 Å². The molecule has 1 aromatic heterocycles. The summed E-state index contributed by atoms with van der Waals surface area (Å²) in [6.07, 6.45) is 5.19. The van der Waals surface area contributed by atoms with E-state index in [-0.39, 0.29) is 12.6 Å². The molecule has 0 aliphatic carbocycles. The van der Waals surface area contributed by atoms with Gasteiger partial charge in [0.15, 0.2) is 0 Å². The predicted molar refractivity (Wildman–Crippen MR) is 90.1 cm³/mol. The first-order valence-corrected chi connectivity index (χ1v) is 7.86. The Kier molecular flexibility index (Phi) is 6.56. The number of aryl methyl sites for hydroxylation is 1. The van der Waals surface area contributed by atoms with Gasteiger partial charge in [-0.2, -0.15) is 0 Å². The number of aromatic nitrogens is 1. The fourth-order valence-electron chi connectivity index (χ4n) is 2.30. The third kappa shape index (κ3) is 5.38. The summed E-state index contributed by atoms with van der Waals surface area (Å²) < 4.78 is 0. The van der Waals surface area contributed by atoms with Crippen LogP contribution in [0.1, 0.15) is 29.7 Å². The second-order valence-corrected chi connectivity index (χ2v) is 5.34. The number of urea groups is 1. The average molecular weight is 313 g/mol. The highest BCUT2D eigenvalue weighted by atomic mass is 16.3.